The molecular formula is C21H15N4Na3O6. The molecule has 0 spiro atoms. The van der Waals surface area contributed by atoms with Crippen LogP contribution in [0.25, 0.3) is 0 Å². The molecule has 3 aromatic heterocycles. The quantitative estimate of drug-likeness (QED) is 0.264. The van der Waals surface area contributed by atoms with Crippen LogP contribution in [0.15, 0.2) is 55.0 Å². The Bertz CT molecular complexity index is 956. The van der Waals surface area contributed by atoms with Gasteiger partial charge >= 0.3 is 88.7 Å². The molecule has 3 rings (SSSR count). The van der Waals surface area contributed by atoms with E-state index in [0.717, 1.165) is 0 Å². The fraction of sp³-hybridized carbons (Fsp3) is 0.143. The van der Waals surface area contributed by atoms with Gasteiger partial charge in [0.1, 0.15) is 0 Å². The molecule has 158 valence electrons. The molecule has 0 aliphatic heterocycles. The van der Waals surface area contributed by atoms with E-state index in [4.69, 9.17) is 0 Å². The number of hydrogen-bond donors (Lipinski definition) is 0. The van der Waals surface area contributed by atoms with Gasteiger partial charge in [-0.15, -0.1) is 0 Å². The van der Waals surface area contributed by atoms with Gasteiger partial charge in [-0.1, -0.05) is 0 Å². The molecule has 0 radical (unpaired) electrons. The number of carbonyl (C=O) groups excluding carboxylic acids is 3. The number of carbonyl (C=O) groups is 3. The van der Waals surface area contributed by atoms with Crippen molar-refractivity contribution < 1.29 is 118 Å². The van der Waals surface area contributed by atoms with Gasteiger partial charge in [-0.25, -0.2) is 0 Å². The molecule has 10 nitrogen and oxygen atoms in total. The van der Waals surface area contributed by atoms with Crippen molar-refractivity contribution in [3.8, 4) is 0 Å². The zero-order valence-corrected chi connectivity index (χ0v) is 25.1. The van der Waals surface area contributed by atoms with Gasteiger partial charge in [0.25, 0.3) is 0 Å². The second kappa shape index (κ2) is 15.7. The molecule has 0 bridgehead atoms. The van der Waals surface area contributed by atoms with Gasteiger partial charge in [0.05, 0.1) is 35.0 Å². The minimum Gasteiger partial charge on any atom is -0.545 e. The van der Waals surface area contributed by atoms with Crippen molar-refractivity contribution in [2.75, 3.05) is 0 Å². The van der Waals surface area contributed by atoms with Crippen molar-refractivity contribution in [2.45, 2.75) is 19.6 Å². The van der Waals surface area contributed by atoms with Crippen molar-refractivity contribution >= 4 is 17.9 Å². The smallest absolute Gasteiger partial charge is 0.545 e. The van der Waals surface area contributed by atoms with Crippen molar-refractivity contribution in [1.29, 1.82) is 0 Å². The topological polar surface area (TPSA) is 162 Å². The van der Waals surface area contributed by atoms with E-state index >= 15 is 0 Å². The summed E-state index contributed by atoms with van der Waals surface area (Å²) in [6.07, 6.45) is 3.59. The van der Waals surface area contributed by atoms with Gasteiger partial charge < -0.3 is 29.7 Å². The second-order valence-electron chi connectivity index (χ2n) is 6.62. The fourth-order valence-corrected chi connectivity index (χ4v) is 2.77. The van der Waals surface area contributed by atoms with Crippen LogP contribution >= 0.6 is 0 Å². The number of aromatic carboxylic acids is 3. The predicted octanol–water partition coefficient (Wildman–Crippen LogP) is -10.8. The molecule has 0 saturated heterocycles. The van der Waals surface area contributed by atoms with Crippen LogP contribution in [0.2, 0.25) is 0 Å². The molecule has 0 aromatic carbocycles. The first-order valence-electron chi connectivity index (χ1n) is 9.03. The summed E-state index contributed by atoms with van der Waals surface area (Å²) < 4.78 is 0. The zero-order chi connectivity index (χ0) is 22.4. The van der Waals surface area contributed by atoms with E-state index in [0.29, 0.717) is 36.7 Å². The molecule has 34 heavy (non-hydrogen) atoms. The van der Waals surface area contributed by atoms with Crippen molar-refractivity contribution in [2.24, 2.45) is 0 Å². The monoisotopic (exact) mass is 488 g/mol. The first-order valence-corrected chi connectivity index (χ1v) is 9.03. The van der Waals surface area contributed by atoms with Crippen LogP contribution in [0.5, 0.6) is 0 Å². The Hall–Kier alpha value is -1.18. The van der Waals surface area contributed by atoms with Gasteiger partial charge in [0.2, 0.25) is 0 Å². The Kier molecular flexibility index (Phi) is 15.2. The number of aromatic nitrogens is 3. The predicted molar refractivity (Wildman–Crippen MR) is 98.7 cm³/mol. The molecule has 3 aromatic rings. The standard InChI is InChI=1S/C21H18N4O6.3Na/c26-19(27)13-1-4-16(22-7-13)10-25(11-17-5-2-14(8-23-17)20(28)29)12-18-6-3-15(9-24-18)21(30)31;;;/h1-9H,10-12H2,(H,26,27)(H,28,29)(H,30,31);;;/q;3*+1/p-3. The van der Waals surface area contributed by atoms with E-state index in [2.05, 4.69) is 15.0 Å². The summed E-state index contributed by atoms with van der Waals surface area (Å²) in [7, 11) is 0. The summed E-state index contributed by atoms with van der Waals surface area (Å²) in [6.45, 7) is 0.878. The molecular weight excluding hydrogens is 473 g/mol. The summed E-state index contributed by atoms with van der Waals surface area (Å²) in [4.78, 5) is 46.9. The van der Waals surface area contributed by atoms with E-state index in [1.807, 2.05) is 4.90 Å². The summed E-state index contributed by atoms with van der Waals surface area (Å²) in [5.74, 6) is -3.99. The van der Waals surface area contributed by atoms with E-state index in [-0.39, 0.29) is 105 Å². The molecule has 13 heteroatoms. The third-order valence-electron chi connectivity index (χ3n) is 4.34. The van der Waals surface area contributed by atoms with E-state index in [1.54, 1.807) is 18.2 Å². The zero-order valence-electron chi connectivity index (χ0n) is 19.1. The van der Waals surface area contributed by atoms with E-state index < -0.39 is 17.9 Å². The number of pyridine rings is 3. The number of nitrogens with zero attached hydrogens (tertiary/aromatic N) is 4. The van der Waals surface area contributed by atoms with Gasteiger partial charge in [0, 0.05) is 54.9 Å². The second-order valence-corrected chi connectivity index (χ2v) is 6.62. The minimum atomic E-state index is -1.33. The van der Waals surface area contributed by atoms with Gasteiger partial charge in [-0.2, -0.15) is 0 Å². The number of carboxylic acid groups (broad SMARTS) is 3. The van der Waals surface area contributed by atoms with Crippen LogP contribution in [-0.2, 0) is 19.6 Å². The molecule has 0 amide bonds. The van der Waals surface area contributed by atoms with Crippen LogP contribution in [-0.4, -0.2) is 37.8 Å². The number of carboxylic acids is 3. The fourth-order valence-electron chi connectivity index (χ4n) is 2.77. The maximum atomic E-state index is 10.9. The van der Waals surface area contributed by atoms with Crippen LogP contribution in [0.4, 0.5) is 0 Å². The maximum Gasteiger partial charge on any atom is 1.00 e. The average molecular weight is 488 g/mol. The largest absolute Gasteiger partial charge is 1.00 e. The normalized spacial score (nSPS) is 9.79. The van der Waals surface area contributed by atoms with Gasteiger partial charge in [-0.3, -0.25) is 19.9 Å². The van der Waals surface area contributed by atoms with Gasteiger partial charge in [-0.05, 0) is 36.4 Å². The third kappa shape index (κ3) is 9.82. The van der Waals surface area contributed by atoms with Crippen LogP contribution in [0, 0.1) is 0 Å². The molecule has 0 saturated carbocycles. The van der Waals surface area contributed by atoms with Crippen LogP contribution < -0.4 is 104 Å². The Balaban J connectivity index is 0.00000363. The Morgan fingerprint density at radius 3 is 1.00 bits per heavy atom. The van der Waals surface area contributed by atoms with Crippen LogP contribution in [0.1, 0.15) is 48.2 Å². The molecule has 3 heterocycles. The number of hydrogen-bond acceptors (Lipinski definition) is 10. The molecule has 0 fully saturated rings. The number of rotatable bonds is 9. The molecule has 0 atom stereocenters. The Morgan fingerprint density at radius 2 is 0.824 bits per heavy atom. The Labute approximate surface area is 261 Å². The summed E-state index contributed by atoms with van der Waals surface area (Å²) >= 11 is 0. The van der Waals surface area contributed by atoms with Crippen molar-refractivity contribution in [3.05, 3.63) is 88.8 Å². The average Bonchev–Trinajstić information content (AvgIpc) is 2.75. The molecule has 0 aliphatic carbocycles. The molecule has 0 aliphatic rings. The third-order valence-corrected chi connectivity index (χ3v) is 4.34. The first kappa shape index (κ1) is 32.8. The Morgan fingerprint density at radius 1 is 0.559 bits per heavy atom. The van der Waals surface area contributed by atoms with E-state index in [1.165, 1.54) is 36.8 Å². The summed E-state index contributed by atoms with van der Waals surface area (Å²) in [5.41, 5.74) is 1.58. The van der Waals surface area contributed by atoms with Crippen molar-refractivity contribution in [3.63, 3.8) is 0 Å². The SMILES string of the molecule is O=C([O-])c1ccc(CN(Cc2ccc(C(=O)[O-])cn2)Cc2ccc(C(=O)[O-])cn2)nc1.[Na+].[Na+].[Na+]. The summed E-state index contributed by atoms with van der Waals surface area (Å²) in [6, 6.07) is 8.81. The van der Waals surface area contributed by atoms with Gasteiger partial charge in [0.15, 0.2) is 0 Å². The first-order chi connectivity index (χ1) is 14.8. The maximum absolute atomic E-state index is 10.9. The van der Waals surface area contributed by atoms with Crippen molar-refractivity contribution in [1.82, 2.24) is 19.9 Å². The minimum absolute atomic E-state index is 0. The summed E-state index contributed by atoms with van der Waals surface area (Å²) in [5, 5.41) is 32.7. The molecule has 0 unspecified atom stereocenters. The van der Waals surface area contributed by atoms with E-state index in [9.17, 15) is 29.7 Å². The molecule has 0 N–H and O–H groups in total. The van der Waals surface area contributed by atoms with Crippen LogP contribution in [0.3, 0.4) is 0 Å².